The first-order valence-corrected chi connectivity index (χ1v) is 5.63. The van der Waals surface area contributed by atoms with Gasteiger partial charge in [-0.2, -0.15) is 4.98 Å². The maximum Gasteiger partial charge on any atom is 0.213 e. The van der Waals surface area contributed by atoms with Crippen LogP contribution >= 0.6 is 0 Å². The minimum atomic E-state index is 0.641. The van der Waals surface area contributed by atoms with E-state index in [1.54, 1.807) is 0 Å². The zero-order valence-corrected chi connectivity index (χ0v) is 8.72. The third-order valence-corrected chi connectivity index (χ3v) is 3.56. The van der Waals surface area contributed by atoms with E-state index in [1.807, 2.05) is 0 Å². The van der Waals surface area contributed by atoms with Crippen LogP contribution in [0.15, 0.2) is 10.9 Å². The van der Waals surface area contributed by atoms with Crippen molar-refractivity contribution in [2.75, 3.05) is 19.6 Å². The van der Waals surface area contributed by atoms with Gasteiger partial charge in [-0.3, -0.25) is 0 Å². The zero-order chi connectivity index (χ0) is 10.1. The number of hydrogen-bond acceptors (Lipinski definition) is 5. The fourth-order valence-corrected chi connectivity index (χ4v) is 2.71. The van der Waals surface area contributed by atoms with E-state index < -0.39 is 0 Å². The van der Waals surface area contributed by atoms with Gasteiger partial charge in [0.2, 0.25) is 6.39 Å². The Kier molecular flexibility index (Phi) is 2.42. The Labute approximate surface area is 88.8 Å². The van der Waals surface area contributed by atoms with E-state index in [0.29, 0.717) is 6.04 Å². The maximum atomic E-state index is 4.71. The standard InChI is InChI=1S/C10H16N4O/c1-3-14-4-2-9(8(1)6-14)11-5-10-12-7-15-13-10/h7-9,11H,1-6H2. The van der Waals surface area contributed by atoms with Crippen molar-refractivity contribution in [3.05, 3.63) is 12.2 Å². The van der Waals surface area contributed by atoms with Crippen molar-refractivity contribution in [3.8, 4) is 0 Å². The summed E-state index contributed by atoms with van der Waals surface area (Å²) in [6.07, 6.45) is 3.97. The van der Waals surface area contributed by atoms with Gasteiger partial charge in [-0.05, 0) is 31.8 Å². The number of rotatable bonds is 3. The van der Waals surface area contributed by atoms with E-state index in [1.165, 1.54) is 38.9 Å². The van der Waals surface area contributed by atoms with Crippen molar-refractivity contribution >= 4 is 0 Å². The highest BCUT2D eigenvalue weighted by molar-refractivity contribution is 4.91. The molecule has 3 heterocycles. The van der Waals surface area contributed by atoms with E-state index in [2.05, 4.69) is 20.4 Å². The Morgan fingerprint density at radius 3 is 3.27 bits per heavy atom. The molecule has 0 radical (unpaired) electrons. The summed E-state index contributed by atoms with van der Waals surface area (Å²) in [6, 6.07) is 0.641. The lowest BCUT2D eigenvalue weighted by atomic mass is 9.94. The number of piperidine rings is 1. The number of fused-ring (bicyclic) bond motifs is 2. The van der Waals surface area contributed by atoms with Crippen LogP contribution in [-0.2, 0) is 6.54 Å². The van der Waals surface area contributed by atoms with Gasteiger partial charge >= 0.3 is 0 Å². The van der Waals surface area contributed by atoms with Crippen LogP contribution in [0.25, 0.3) is 0 Å². The van der Waals surface area contributed by atoms with Crippen LogP contribution in [0.4, 0.5) is 0 Å². The molecule has 2 aliphatic rings. The zero-order valence-electron chi connectivity index (χ0n) is 8.72. The van der Waals surface area contributed by atoms with Crippen LogP contribution in [-0.4, -0.2) is 40.7 Å². The molecule has 0 spiro atoms. The Balaban J connectivity index is 1.55. The summed E-state index contributed by atoms with van der Waals surface area (Å²) < 4.78 is 4.71. The highest BCUT2D eigenvalue weighted by Crippen LogP contribution is 2.27. The van der Waals surface area contributed by atoms with Crippen molar-refractivity contribution in [2.24, 2.45) is 5.92 Å². The molecule has 1 aromatic rings. The summed E-state index contributed by atoms with van der Waals surface area (Å²) in [4.78, 5) is 6.56. The van der Waals surface area contributed by atoms with Crippen LogP contribution in [0.2, 0.25) is 0 Å². The maximum absolute atomic E-state index is 4.71. The first kappa shape index (κ1) is 9.30. The quantitative estimate of drug-likeness (QED) is 0.772. The van der Waals surface area contributed by atoms with Crippen LogP contribution in [0.1, 0.15) is 18.7 Å². The van der Waals surface area contributed by atoms with Gasteiger partial charge in [0.1, 0.15) is 0 Å². The monoisotopic (exact) mass is 208 g/mol. The van der Waals surface area contributed by atoms with Gasteiger partial charge < -0.3 is 14.7 Å². The van der Waals surface area contributed by atoms with Gasteiger partial charge in [-0.1, -0.05) is 5.16 Å². The topological polar surface area (TPSA) is 54.2 Å². The largest absolute Gasteiger partial charge is 0.343 e. The van der Waals surface area contributed by atoms with E-state index in [-0.39, 0.29) is 0 Å². The summed E-state index contributed by atoms with van der Waals surface area (Å²) in [5, 5.41) is 7.34. The Bertz CT molecular complexity index is 313. The molecule has 82 valence electrons. The van der Waals surface area contributed by atoms with Gasteiger partial charge in [0.15, 0.2) is 5.82 Å². The minimum absolute atomic E-state index is 0.641. The first-order valence-electron chi connectivity index (χ1n) is 5.63. The molecule has 3 rings (SSSR count). The fraction of sp³-hybridized carbons (Fsp3) is 0.800. The molecule has 3 atom stereocenters. The second kappa shape index (κ2) is 3.90. The summed E-state index contributed by atoms with van der Waals surface area (Å²) in [6.45, 7) is 4.52. The predicted molar refractivity (Wildman–Crippen MR) is 54.1 cm³/mol. The minimum Gasteiger partial charge on any atom is -0.343 e. The number of nitrogens with one attached hydrogen (secondary N) is 1. The Morgan fingerprint density at radius 2 is 2.40 bits per heavy atom. The van der Waals surface area contributed by atoms with E-state index in [4.69, 9.17) is 4.52 Å². The van der Waals surface area contributed by atoms with E-state index in [0.717, 1.165) is 18.3 Å². The second-order valence-corrected chi connectivity index (χ2v) is 4.47. The van der Waals surface area contributed by atoms with Gasteiger partial charge in [-0.25, -0.2) is 0 Å². The highest BCUT2D eigenvalue weighted by atomic mass is 16.5. The fourth-order valence-electron chi connectivity index (χ4n) is 2.71. The molecular weight excluding hydrogens is 192 g/mol. The van der Waals surface area contributed by atoms with Gasteiger partial charge in [0, 0.05) is 12.6 Å². The highest BCUT2D eigenvalue weighted by Gasteiger charge is 2.33. The third kappa shape index (κ3) is 1.89. The Hall–Kier alpha value is -0.940. The van der Waals surface area contributed by atoms with Gasteiger partial charge in [0.25, 0.3) is 0 Å². The van der Waals surface area contributed by atoms with Crippen LogP contribution in [0.3, 0.4) is 0 Å². The molecule has 15 heavy (non-hydrogen) atoms. The number of nitrogens with zero attached hydrogens (tertiary/aromatic N) is 3. The second-order valence-electron chi connectivity index (χ2n) is 4.47. The predicted octanol–water partition coefficient (Wildman–Crippen LogP) is 0.253. The molecule has 0 amide bonds. The lowest BCUT2D eigenvalue weighted by Gasteiger charge is -2.30. The van der Waals surface area contributed by atoms with Crippen molar-refractivity contribution in [3.63, 3.8) is 0 Å². The lowest BCUT2D eigenvalue weighted by molar-refractivity contribution is 0.219. The molecule has 5 heteroatoms. The molecule has 0 aromatic carbocycles. The van der Waals surface area contributed by atoms with Crippen LogP contribution in [0, 0.1) is 5.92 Å². The summed E-state index contributed by atoms with van der Waals surface area (Å²) >= 11 is 0. The molecule has 0 aliphatic carbocycles. The molecule has 3 unspecified atom stereocenters. The summed E-state index contributed by atoms with van der Waals surface area (Å²) in [5.41, 5.74) is 0. The lowest BCUT2D eigenvalue weighted by Crippen LogP contribution is -2.43. The Morgan fingerprint density at radius 1 is 1.47 bits per heavy atom. The number of hydrogen-bond donors (Lipinski definition) is 1. The van der Waals surface area contributed by atoms with Crippen molar-refractivity contribution in [1.29, 1.82) is 0 Å². The number of aromatic nitrogens is 2. The molecule has 5 nitrogen and oxygen atoms in total. The average Bonchev–Trinajstić information content (AvgIpc) is 2.88. The van der Waals surface area contributed by atoms with Crippen molar-refractivity contribution < 1.29 is 4.52 Å². The third-order valence-electron chi connectivity index (χ3n) is 3.56. The van der Waals surface area contributed by atoms with Gasteiger partial charge in [-0.15, -0.1) is 0 Å². The SMILES string of the molecule is c1nc(CNC2CCN3CCC2C3)no1. The molecular formula is C10H16N4O. The molecule has 0 saturated carbocycles. The first-order chi connectivity index (χ1) is 7.42. The normalized spacial score (nSPS) is 34.5. The van der Waals surface area contributed by atoms with E-state index >= 15 is 0 Å². The average molecular weight is 208 g/mol. The van der Waals surface area contributed by atoms with Crippen LogP contribution < -0.4 is 5.32 Å². The van der Waals surface area contributed by atoms with Crippen molar-refractivity contribution in [1.82, 2.24) is 20.4 Å². The molecule has 2 aliphatic heterocycles. The van der Waals surface area contributed by atoms with Gasteiger partial charge in [0.05, 0.1) is 6.54 Å². The molecule has 2 saturated heterocycles. The van der Waals surface area contributed by atoms with Crippen LogP contribution in [0.5, 0.6) is 0 Å². The van der Waals surface area contributed by atoms with Crippen molar-refractivity contribution in [2.45, 2.75) is 25.4 Å². The molecule has 1 N–H and O–H groups in total. The summed E-state index contributed by atoms with van der Waals surface area (Å²) in [5.74, 6) is 1.58. The molecule has 1 aromatic heterocycles. The summed E-state index contributed by atoms with van der Waals surface area (Å²) in [7, 11) is 0. The smallest absolute Gasteiger partial charge is 0.213 e. The molecule has 2 bridgehead atoms. The molecule has 2 fully saturated rings. The van der Waals surface area contributed by atoms with E-state index in [9.17, 15) is 0 Å².